The highest BCUT2D eigenvalue weighted by molar-refractivity contribution is 6.25. The predicted molar refractivity (Wildman–Crippen MR) is 50.8 cm³/mol. The van der Waals surface area contributed by atoms with E-state index in [1.807, 2.05) is 13.8 Å². The highest BCUT2D eigenvalue weighted by atomic mass is 35.5. The molecule has 12 heavy (non-hydrogen) atoms. The Morgan fingerprint density at radius 3 is 2.58 bits per heavy atom. The van der Waals surface area contributed by atoms with Crippen molar-refractivity contribution in [2.24, 2.45) is 11.7 Å². The Morgan fingerprint density at radius 2 is 2.25 bits per heavy atom. The van der Waals surface area contributed by atoms with Gasteiger partial charge in [-0.3, -0.25) is 4.79 Å². The summed E-state index contributed by atoms with van der Waals surface area (Å²) in [6, 6.07) is -0.280. The highest BCUT2D eigenvalue weighted by Gasteiger charge is 2.17. The molecular weight excluding hydrogens is 176 g/mol. The molecule has 1 unspecified atom stereocenters. The van der Waals surface area contributed by atoms with E-state index in [4.69, 9.17) is 17.3 Å². The average molecular weight is 191 g/mol. The van der Waals surface area contributed by atoms with Crippen LogP contribution >= 0.6 is 11.6 Å². The summed E-state index contributed by atoms with van der Waals surface area (Å²) in [7, 11) is 0. The SMILES string of the molecule is CC(C)C(NC/C=C/Cl)C(N)=O. The monoisotopic (exact) mass is 190 g/mol. The van der Waals surface area contributed by atoms with Crippen LogP contribution in [0.5, 0.6) is 0 Å². The molecular formula is C8H15ClN2O. The molecule has 1 amide bonds. The van der Waals surface area contributed by atoms with Crippen LogP contribution in [0.4, 0.5) is 0 Å². The van der Waals surface area contributed by atoms with Crippen LogP contribution < -0.4 is 11.1 Å². The molecule has 0 aliphatic rings. The molecule has 0 radical (unpaired) electrons. The van der Waals surface area contributed by atoms with E-state index < -0.39 is 0 Å². The number of primary amides is 1. The zero-order chi connectivity index (χ0) is 9.56. The molecule has 0 aromatic carbocycles. The van der Waals surface area contributed by atoms with E-state index in [0.717, 1.165) is 0 Å². The van der Waals surface area contributed by atoms with Crippen molar-refractivity contribution in [2.75, 3.05) is 6.54 Å². The smallest absolute Gasteiger partial charge is 0.234 e. The van der Waals surface area contributed by atoms with Crippen LogP contribution in [0.2, 0.25) is 0 Å². The first kappa shape index (κ1) is 11.5. The molecule has 70 valence electrons. The van der Waals surface area contributed by atoms with Crippen molar-refractivity contribution in [3.63, 3.8) is 0 Å². The number of carbonyl (C=O) groups excluding carboxylic acids is 1. The van der Waals surface area contributed by atoms with Gasteiger partial charge in [0.2, 0.25) is 5.91 Å². The van der Waals surface area contributed by atoms with Crippen LogP contribution in [0.3, 0.4) is 0 Å². The Balaban J connectivity index is 3.88. The fourth-order valence-corrected chi connectivity index (χ4v) is 0.993. The maximum absolute atomic E-state index is 10.8. The molecule has 3 nitrogen and oxygen atoms in total. The average Bonchev–Trinajstić information content (AvgIpc) is 1.96. The van der Waals surface area contributed by atoms with Crippen LogP contribution in [0.1, 0.15) is 13.8 Å². The van der Waals surface area contributed by atoms with Gasteiger partial charge in [-0.2, -0.15) is 0 Å². The van der Waals surface area contributed by atoms with E-state index in [1.54, 1.807) is 6.08 Å². The molecule has 4 heteroatoms. The van der Waals surface area contributed by atoms with Crippen LogP contribution in [-0.2, 0) is 4.79 Å². The molecule has 0 aliphatic heterocycles. The molecule has 0 rings (SSSR count). The first-order valence-electron chi connectivity index (χ1n) is 3.87. The minimum atomic E-state index is -0.326. The Morgan fingerprint density at radius 1 is 1.67 bits per heavy atom. The number of rotatable bonds is 5. The molecule has 1 atom stereocenters. The third kappa shape index (κ3) is 4.36. The van der Waals surface area contributed by atoms with Gasteiger partial charge >= 0.3 is 0 Å². The number of amides is 1. The third-order valence-electron chi connectivity index (χ3n) is 1.52. The second-order valence-electron chi connectivity index (χ2n) is 2.89. The standard InChI is InChI=1S/C8H15ClN2O/c1-6(2)7(8(10)12)11-5-3-4-9/h3-4,6-7,11H,5H2,1-2H3,(H2,10,12)/b4-3+. The number of hydrogen-bond donors (Lipinski definition) is 2. The molecule has 0 heterocycles. The normalized spacial score (nSPS) is 14.0. The van der Waals surface area contributed by atoms with Gasteiger partial charge in [0, 0.05) is 12.1 Å². The third-order valence-corrected chi connectivity index (χ3v) is 1.70. The molecule has 0 fully saturated rings. The summed E-state index contributed by atoms with van der Waals surface area (Å²) in [5.74, 6) is -0.126. The first-order chi connectivity index (χ1) is 5.59. The molecule has 0 saturated heterocycles. The zero-order valence-electron chi connectivity index (χ0n) is 7.38. The molecule has 0 aromatic rings. The summed E-state index contributed by atoms with van der Waals surface area (Å²) in [5, 5.41) is 2.97. The Bertz CT molecular complexity index is 168. The summed E-state index contributed by atoms with van der Waals surface area (Å²) in [5.41, 5.74) is 6.57. The fraction of sp³-hybridized carbons (Fsp3) is 0.625. The van der Waals surface area contributed by atoms with Gasteiger partial charge in [0.25, 0.3) is 0 Å². The summed E-state index contributed by atoms with van der Waals surface area (Å²) in [6.45, 7) is 4.44. The van der Waals surface area contributed by atoms with Crippen molar-refractivity contribution in [2.45, 2.75) is 19.9 Å². The number of hydrogen-bond acceptors (Lipinski definition) is 2. The number of halogens is 1. The molecule has 3 N–H and O–H groups in total. The van der Waals surface area contributed by atoms with Gasteiger partial charge in [0.05, 0.1) is 6.04 Å². The number of nitrogens with one attached hydrogen (secondary N) is 1. The lowest BCUT2D eigenvalue weighted by Gasteiger charge is -2.17. The number of nitrogens with two attached hydrogens (primary N) is 1. The maximum Gasteiger partial charge on any atom is 0.234 e. The number of carbonyl (C=O) groups is 1. The van der Waals surface area contributed by atoms with Crippen LogP contribution in [0.15, 0.2) is 11.6 Å². The fourth-order valence-electron chi connectivity index (χ4n) is 0.904. The van der Waals surface area contributed by atoms with E-state index in [-0.39, 0.29) is 17.9 Å². The minimum Gasteiger partial charge on any atom is -0.368 e. The molecule has 0 bridgehead atoms. The van der Waals surface area contributed by atoms with Crippen molar-refractivity contribution < 1.29 is 4.79 Å². The van der Waals surface area contributed by atoms with Crippen LogP contribution in [0.25, 0.3) is 0 Å². The van der Waals surface area contributed by atoms with Gasteiger partial charge < -0.3 is 11.1 Å². The second-order valence-corrected chi connectivity index (χ2v) is 3.15. The Labute approximate surface area is 78.0 Å². The second kappa shape index (κ2) is 6.03. The minimum absolute atomic E-state index is 0.200. The van der Waals surface area contributed by atoms with Crippen molar-refractivity contribution >= 4 is 17.5 Å². The van der Waals surface area contributed by atoms with E-state index in [0.29, 0.717) is 6.54 Å². The molecule has 0 aromatic heterocycles. The lowest BCUT2D eigenvalue weighted by Crippen LogP contribution is -2.44. The Hall–Kier alpha value is -0.540. The summed E-state index contributed by atoms with van der Waals surface area (Å²) in [6.07, 6.45) is 1.72. The maximum atomic E-state index is 10.8. The predicted octanol–water partition coefficient (Wildman–Crippen LogP) is 0.838. The van der Waals surface area contributed by atoms with Gasteiger partial charge in [-0.1, -0.05) is 31.5 Å². The Kier molecular flexibility index (Phi) is 5.76. The van der Waals surface area contributed by atoms with E-state index in [2.05, 4.69) is 5.32 Å². The van der Waals surface area contributed by atoms with Gasteiger partial charge in [0.1, 0.15) is 0 Å². The molecule has 0 spiro atoms. The zero-order valence-corrected chi connectivity index (χ0v) is 8.14. The molecule has 0 saturated carbocycles. The largest absolute Gasteiger partial charge is 0.368 e. The van der Waals surface area contributed by atoms with Crippen molar-refractivity contribution in [3.05, 3.63) is 11.6 Å². The summed E-state index contributed by atoms with van der Waals surface area (Å²) >= 11 is 5.31. The van der Waals surface area contributed by atoms with Gasteiger partial charge in [-0.05, 0) is 5.92 Å². The van der Waals surface area contributed by atoms with Crippen molar-refractivity contribution in [1.29, 1.82) is 0 Å². The lowest BCUT2D eigenvalue weighted by molar-refractivity contribution is -0.120. The lowest BCUT2D eigenvalue weighted by atomic mass is 10.0. The van der Waals surface area contributed by atoms with E-state index in [1.165, 1.54) is 5.54 Å². The first-order valence-corrected chi connectivity index (χ1v) is 4.31. The van der Waals surface area contributed by atoms with Gasteiger partial charge in [-0.15, -0.1) is 0 Å². The van der Waals surface area contributed by atoms with Crippen LogP contribution in [-0.4, -0.2) is 18.5 Å². The highest BCUT2D eigenvalue weighted by Crippen LogP contribution is 1.99. The van der Waals surface area contributed by atoms with E-state index >= 15 is 0 Å². The summed E-state index contributed by atoms with van der Waals surface area (Å²) in [4.78, 5) is 10.8. The van der Waals surface area contributed by atoms with Crippen LogP contribution in [0, 0.1) is 5.92 Å². The van der Waals surface area contributed by atoms with Crippen molar-refractivity contribution in [3.8, 4) is 0 Å². The quantitative estimate of drug-likeness (QED) is 0.675. The van der Waals surface area contributed by atoms with Gasteiger partial charge in [0.15, 0.2) is 0 Å². The topological polar surface area (TPSA) is 55.1 Å². The molecule has 0 aliphatic carbocycles. The van der Waals surface area contributed by atoms with Gasteiger partial charge in [-0.25, -0.2) is 0 Å². The van der Waals surface area contributed by atoms with Crippen molar-refractivity contribution in [1.82, 2.24) is 5.32 Å². The summed E-state index contributed by atoms with van der Waals surface area (Å²) < 4.78 is 0. The van der Waals surface area contributed by atoms with E-state index in [9.17, 15) is 4.79 Å².